The van der Waals surface area contributed by atoms with Crippen LogP contribution in [0.3, 0.4) is 0 Å². The second-order valence-electron chi connectivity index (χ2n) is 5.04. The van der Waals surface area contributed by atoms with E-state index in [0.717, 1.165) is 0 Å². The van der Waals surface area contributed by atoms with Crippen LogP contribution in [-0.2, 0) is 26.6 Å². The highest BCUT2D eigenvalue weighted by Gasteiger charge is 2.29. The molecule has 1 aromatic rings. The summed E-state index contributed by atoms with van der Waals surface area (Å²) < 4.78 is 33.1. The first kappa shape index (κ1) is 15.0. The molecule has 1 heterocycles. The van der Waals surface area contributed by atoms with E-state index in [0.29, 0.717) is 25.7 Å². The van der Waals surface area contributed by atoms with Crippen molar-refractivity contribution >= 4 is 16.0 Å². The number of nitrogens with one attached hydrogen (secondary N) is 1. The van der Waals surface area contributed by atoms with Gasteiger partial charge in [0.15, 0.2) is 0 Å². The van der Waals surface area contributed by atoms with Crippen LogP contribution in [0.1, 0.15) is 25.7 Å². The molecule has 1 fully saturated rings. The molecule has 0 amide bonds. The lowest BCUT2D eigenvalue weighted by Crippen LogP contribution is -2.38. The fourth-order valence-corrected chi connectivity index (χ4v) is 3.73. The molecule has 1 N–H and O–H groups in total. The molecule has 0 saturated heterocycles. The van der Waals surface area contributed by atoms with Crippen molar-refractivity contribution < 1.29 is 17.9 Å². The number of aromatic nitrogens is 2. The maximum atomic E-state index is 12.1. The quantitative estimate of drug-likeness (QED) is 0.814. The molecular formula is C12H19N3O4S. The Morgan fingerprint density at radius 2 is 2.05 bits per heavy atom. The van der Waals surface area contributed by atoms with Crippen molar-refractivity contribution in [3.8, 4) is 0 Å². The largest absolute Gasteiger partial charge is 0.469 e. The molecule has 1 aliphatic carbocycles. The summed E-state index contributed by atoms with van der Waals surface area (Å²) in [6, 6.07) is -0.138. The van der Waals surface area contributed by atoms with E-state index in [1.54, 1.807) is 7.05 Å². The van der Waals surface area contributed by atoms with Crippen LogP contribution in [-0.4, -0.2) is 37.3 Å². The van der Waals surface area contributed by atoms with Crippen LogP contribution >= 0.6 is 0 Å². The minimum Gasteiger partial charge on any atom is -0.469 e. The minimum atomic E-state index is -3.53. The van der Waals surface area contributed by atoms with Crippen molar-refractivity contribution in [3.05, 3.63) is 12.4 Å². The first-order valence-corrected chi connectivity index (χ1v) is 7.99. The van der Waals surface area contributed by atoms with Crippen molar-refractivity contribution in [2.75, 3.05) is 7.11 Å². The maximum absolute atomic E-state index is 12.1. The van der Waals surface area contributed by atoms with Gasteiger partial charge in [-0.3, -0.25) is 9.48 Å². The number of aryl methyl sites for hydroxylation is 1. The zero-order valence-electron chi connectivity index (χ0n) is 11.6. The van der Waals surface area contributed by atoms with E-state index in [-0.39, 0.29) is 22.8 Å². The molecule has 112 valence electrons. The topological polar surface area (TPSA) is 90.3 Å². The van der Waals surface area contributed by atoms with Gasteiger partial charge in [-0.2, -0.15) is 5.10 Å². The molecular weight excluding hydrogens is 282 g/mol. The molecule has 0 aromatic carbocycles. The Kier molecular flexibility index (Phi) is 4.44. The second-order valence-corrected chi connectivity index (χ2v) is 6.76. The predicted molar refractivity (Wildman–Crippen MR) is 71.3 cm³/mol. The lowest BCUT2D eigenvalue weighted by Gasteiger charge is -2.27. The van der Waals surface area contributed by atoms with Crippen LogP contribution in [0, 0.1) is 5.92 Å². The molecule has 20 heavy (non-hydrogen) atoms. The summed E-state index contributed by atoms with van der Waals surface area (Å²) in [6.07, 6.45) is 5.35. The van der Waals surface area contributed by atoms with Crippen molar-refractivity contribution in [2.45, 2.75) is 36.6 Å². The Balaban J connectivity index is 1.94. The molecule has 0 atom stereocenters. The highest BCUT2D eigenvalue weighted by atomic mass is 32.2. The smallest absolute Gasteiger partial charge is 0.308 e. The molecule has 0 radical (unpaired) electrons. The second kappa shape index (κ2) is 5.92. The molecule has 2 rings (SSSR count). The molecule has 0 aliphatic heterocycles. The van der Waals surface area contributed by atoms with Crippen molar-refractivity contribution in [3.63, 3.8) is 0 Å². The molecule has 1 aliphatic rings. The van der Waals surface area contributed by atoms with Crippen molar-refractivity contribution in [1.82, 2.24) is 14.5 Å². The third-order valence-electron chi connectivity index (χ3n) is 3.58. The summed E-state index contributed by atoms with van der Waals surface area (Å²) in [5, 5.41) is 3.86. The monoisotopic (exact) mass is 301 g/mol. The van der Waals surface area contributed by atoms with E-state index in [1.807, 2.05) is 0 Å². The summed E-state index contributed by atoms with van der Waals surface area (Å²) in [4.78, 5) is 11.6. The van der Waals surface area contributed by atoms with Gasteiger partial charge in [-0.25, -0.2) is 13.1 Å². The first-order valence-electron chi connectivity index (χ1n) is 6.51. The van der Waals surface area contributed by atoms with Crippen LogP contribution in [0.5, 0.6) is 0 Å². The average Bonchev–Trinajstić information content (AvgIpc) is 2.86. The first-order chi connectivity index (χ1) is 9.42. The van der Waals surface area contributed by atoms with Gasteiger partial charge in [-0.15, -0.1) is 0 Å². The number of hydrogen-bond acceptors (Lipinski definition) is 5. The van der Waals surface area contributed by atoms with Gasteiger partial charge in [0, 0.05) is 19.3 Å². The highest BCUT2D eigenvalue weighted by molar-refractivity contribution is 7.89. The van der Waals surface area contributed by atoms with Gasteiger partial charge >= 0.3 is 5.97 Å². The van der Waals surface area contributed by atoms with Gasteiger partial charge < -0.3 is 4.74 Å². The van der Waals surface area contributed by atoms with E-state index in [4.69, 9.17) is 4.74 Å². The van der Waals surface area contributed by atoms with Crippen molar-refractivity contribution in [1.29, 1.82) is 0 Å². The SMILES string of the molecule is COC(=O)C1CCC(NS(=O)(=O)c2cnn(C)c2)CC1. The van der Waals surface area contributed by atoms with Crippen LogP contribution in [0.25, 0.3) is 0 Å². The zero-order valence-corrected chi connectivity index (χ0v) is 12.4. The number of sulfonamides is 1. The Hall–Kier alpha value is -1.41. The van der Waals surface area contributed by atoms with E-state index in [2.05, 4.69) is 9.82 Å². The number of carbonyl (C=O) groups excluding carboxylic acids is 1. The van der Waals surface area contributed by atoms with Gasteiger partial charge in [-0.05, 0) is 25.7 Å². The lowest BCUT2D eigenvalue weighted by molar-refractivity contribution is -0.146. The summed E-state index contributed by atoms with van der Waals surface area (Å²) in [5.41, 5.74) is 0. The Morgan fingerprint density at radius 1 is 1.40 bits per heavy atom. The summed E-state index contributed by atoms with van der Waals surface area (Å²) in [6.45, 7) is 0. The van der Waals surface area contributed by atoms with Crippen LogP contribution < -0.4 is 4.72 Å². The average molecular weight is 301 g/mol. The number of hydrogen-bond donors (Lipinski definition) is 1. The number of ether oxygens (including phenoxy) is 1. The summed E-state index contributed by atoms with van der Waals surface area (Å²) in [7, 11) is -0.490. The molecule has 7 nitrogen and oxygen atoms in total. The van der Waals surface area contributed by atoms with Gasteiger partial charge in [0.05, 0.1) is 19.2 Å². The van der Waals surface area contributed by atoms with E-state index < -0.39 is 10.0 Å². The zero-order chi connectivity index (χ0) is 14.8. The number of carbonyl (C=O) groups is 1. The Labute approximate surface area is 118 Å². The lowest BCUT2D eigenvalue weighted by atomic mass is 9.86. The number of esters is 1. The summed E-state index contributed by atoms with van der Waals surface area (Å²) in [5.74, 6) is -0.322. The van der Waals surface area contributed by atoms with E-state index >= 15 is 0 Å². The van der Waals surface area contributed by atoms with E-state index in [1.165, 1.54) is 24.2 Å². The van der Waals surface area contributed by atoms with E-state index in [9.17, 15) is 13.2 Å². The molecule has 0 unspecified atom stereocenters. The van der Waals surface area contributed by atoms with Gasteiger partial charge in [0.1, 0.15) is 4.90 Å². The predicted octanol–water partition coefficient (Wildman–Crippen LogP) is 0.430. The molecule has 0 spiro atoms. The highest BCUT2D eigenvalue weighted by Crippen LogP contribution is 2.26. The standard InChI is InChI=1S/C12H19N3O4S/c1-15-8-11(7-13-15)20(17,18)14-10-5-3-9(4-6-10)12(16)19-2/h7-10,14H,3-6H2,1-2H3. The van der Waals surface area contributed by atoms with Crippen LogP contribution in [0.15, 0.2) is 17.3 Å². The van der Waals surface area contributed by atoms with Crippen molar-refractivity contribution in [2.24, 2.45) is 13.0 Å². The molecule has 0 bridgehead atoms. The van der Waals surface area contributed by atoms with Gasteiger partial charge in [0.25, 0.3) is 0 Å². The Bertz CT molecular complexity index is 573. The van der Waals surface area contributed by atoms with Gasteiger partial charge in [-0.1, -0.05) is 0 Å². The number of rotatable bonds is 4. The molecule has 1 saturated carbocycles. The molecule has 8 heteroatoms. The Morgan fingerprint density at radius 3 is 2.55 bits per heavy atom. The number of nitrogens with zero attached hydrogens (tertiary/aromatic N) is 2. The van der Waals surface area contributed by atoms with Gasteiger partial charge in [0.2, 0.25) is 10.0 Å². The number of methoxy groups -OCH3 is 1. The fraction of sp³-hybridized carbons (Fsp3) is 0.667. The normalized spacial score (nSPS) is 23.5. The summed E-state index contributed by atoms with van der Waals surface area (Å²) >= 11 is 0. The van der Waals surface area contributed by atoms with Crippen LogP contribution in [0.4, 0.5) is 0 Å². The van der Waals surface area contributed by atoms with Crippen LogP contribution in [0.2, 0.25) is 0 Å². The fourth-order valence-electron chi connectivity index (χ4n) is 2.44. The molecule has 1 aromatic heterocycles. The minimum absolute atomic E-state index is 0.112. The maximum Gasteiger partial charge on any atom is 0.308 e. The third-order valence-corrected chi connectivity index (χ3v) is 5.05. The third kappa shape index (κ3) is 3.37.